The molecule has 0 aromatic carbocycles. The topological polar surface area (TPSA) is 69.2 Å². The molecule has 6 heteroatoms. The molecule has 0 atom stereocenters. The largest absolute Gasteiger partial charge is 0.382 e. The number of nitrogen functional groups attached to an aromatic ring is 1. The lowest BCUT2D eigenvalue weighted by Gasteiger charge is -2.26. The normalized spacial score (nSPS) is 18.8. The van der Waals surface area contributed by atoms with Crippen LogP contribution in [0.15, 0.2) is 0 Å². The highest BCUT2D eigenvalue weighted by Crippen LogP contribution is 2.32. The van der Waals surface area contributed by atoms with Crippen LogP contribution in [0.2, 0.25) is 0 Å². The standard InChI is InChI=1S/C19H29N5O/c1-13(2)11-24-16(12-23-7-9-25-10-8-23)22-17-18(24)14-5-3-4-6-15(14)21-19(17)20/h13H,3-12H2,1-2H3,(H2,20,21). The Hall–Kier alpha value is -1.66. The molecule has 1 aliphatic carbocycles. The van der Waals surface area contributed by atoms with E-state index >= 15 is 0 Å². The fourth-order valence-electron chi connectivity index (χ4n) is 4.09. The van der Waals surface area contributed by atoms with Crippen LogP contribution in [0.5, 0.6) is 0 Å². The second-order valence-corrected chi connectivity index (χ2v) is 7.75. The number of hydrogen-bond donors (Lipinski definition) is 1. The molecule has 0 saturated carbocycles. The van der Waals surface area contributed by atoms with Gasteiger partial charge in [0.2, 0.25) is 0 Å². The van der Waals surface area contributed by atoms with E-state index in [9.17, 15) is 0 Å². The number of aryl methyl sites for hydroxylation is 2. The molecule has 136 valence electrons. The number of ether oxygens (including phenoxy) is 1. The first-order valence-corrected chi connectivity index (χ1v) is 9.60. The van der Waals surface area contributed by atoms with Gasteiger partial charge in [-0.2, -0.15) is 0 Å². The molecule has 6 nitrogen and oxygen atoms in total. The maximum Gasteiger partial charge on any atom is 0.151 e. The number of morpholine rings is 1. The van der Waals surface area contributed by atoms with Gasteiger partial charge in [0.1, 0.15) is 11.3 Å². The summed E-state index contributed by atoms with van der Waals surface area (Å²) >= 11 is 0. The fourth-order valence-corrected chi connectivity index (χ4v) is 4.09. The zero-order valence-corrected chi connectivity index (χ0v) is 15.4. The average molecular weight is 343 g/mol. The first-order chi connectivity index (χ1) is 12.1. The molecule has 0 unspecified atom stereocenters. The number of imidazole rings is 1. The van der Waals surface area contributed by atoms with Crippen molar-refractivity contribution in [3.63, 3.8) is 0 Å². The molecule has 0 amide bonds. The highest BCUT2D eigenvalue weighted by atomic mass is 16.5. The molecule has 2 aliphatic rings. The van der Waals surface area contributed by atoms with Crippen LogP contribution >= 0.6 is 0 Å². The Morgan fingerprint density at radius 3 is 2.64 bits per heavy atom. The van der Waals surface area contributed by atoms with Crippen LogP contribution in [-0.4, -0.2) is 45.7 Å². The minimum atomic E-state index is 0.564. The van der Waals surface area contributed by atoms with Crippen molar-refractivity contribution in [3.05, 3.63) is 17.1 Å². The van der Waals surface area contributed by atoms with Crippen molar-refractivity contribution in [2.75, 3.05) is 32.0 Å². The Morgan fingerprint density at radius 1 is 1.12 bits per heavy atom. The molecule has 1 aliphatic heterocycles. The lowest BCUT2D eigenvalue weighted by molar-refractivity contribution is 0.0326. The Bertz CT molecular complexity index is 761. The number of aromatic nitrogens is 3. The van der Waals surface area contributed by atoms with Crippen molar-refractivity contribution in [3.8, 4) is 0 Å². The molecule has 2 aromatic heterocycles. The molecule has 3 heterocycles. The second-order valence-electron chi connectivity index (χ2n) is 7.75. The van der Waals surface area contributed by atoms with Gasteiger partial charge in [0, 0.05) is 25.3 Å². The summed E-state index contributed by atoms with van der Waals surface area (Å²) in [6.07, 6.45) is 4.59. The minimum Gasteiger partial charge on any atom is -0.382 e. The maximum absolute atomic E-state index is 6.31. The lowest BCUT2D eigenvalue weighted by Crippen LogP contribution is -2.36. The Labute approximate surface area is 149 Å². The third-order valence-electron chi connectivity index (χ3n) is 5.29. The Kier molecular flexibility index (Phi) is 4.65. The van der Waals surface area contributed by atoms with Gasteiger partial charge < -0.3 is 15.0 Å². The number of anilines is 1. The summed E-state index contributed by atoms with van der Waals surface area (Å²) < 4.78 is 7.91. The predicted octanol–water partition coefficient (Wildman–Crippen LogP) is 2.38. The molecule has 1 fully saturated rings. The van der Waals surface area contributed by atoms with Gasteiger partial charge in [0.15, 0.2) is 5.82 Å². The third kappa shape index (κ3) is 3.25. The van der Waals surface area contributed by atoms with Gasteiger partial charge in [-0.15, -0.1) is 0 Å². The van der Waals surface area contributed by atoms with Crippen LogP contribution in [0.3, 0.4) is 0 Å². The van der Waals surface area contributed by atoms with Gasteiger partial charge in [-0.3, -0.25) is 4.90 Å². The van der Waals surface area contributed by atoms with E-state index in [0.29, 0.717) is 11.7 Å². The Morgan fingerprint density at radius 2 is 1.88 bits per heavy atom. The van der Waals surface area contributed by atoms with Crippen molar-refractivity contribution in [1.29, 1.82) is 0 Å². The fraction of sp³-hybridized carbons (Fsp3) is 0.684. The van der Waals surface area contributed by atoms with Gasteiger partial charge in [-0.1, -0.05) is 13.8 Å². The molecular formula is C19H29N5O. The molecular weight excluding hydrogens is 314 g/mol. The monoisotopic (exact) mass is 343 g/mol. The van der Waals surface area contributed by atoms with E-state index in [2.05, 4.69) is 23.3 Å². The number of nitrogens with zero attached hydrogens (tertiary/aromatic N) is 4. The first kappa shape index (κ1) is 16.8. The summed E-state index contributed by atoms with van der Waals surface area (Å²) in [4.78, 5) is 12.1. The number of nitrogens with two attached hydrogens (primary N) is 1. The minimum absolute atomic E-state index is 0.564. The molecule has 0 spiro atoms. The molecule has 4 rings (SSSR count). The van der Waals surface area contributed by atoms with Crippen LogP contribution in [0, 0.1) is 5.92 Å². The zero-order valence-electron chi connectivity index (χ0n) is 15.4. The molecule has 25 heavy (non-hydrogen) atoms. The van der Waals surface area contributed by atoms with Crippen molar-refractivity contribution < 1.29 is 4.74 Å². The van der Waals surface area contributed by atoms with E-state index in [4.69, 9.17) is 20.4 Å². The van der Waals surface area contributed by atoms with Gasteiger partial charge in [-0.05, 0) is 37.2 Å². The summed E-state index contributed by atoms with van der Waals surface area (Å²) in [5.41, 5.74) is 11.0. The van der Waals surface area contributed by atoms with Crippen LogP contribution in [0.4, 0.5) is 5.82 Å². The smallest absolute Gasteiger partial charge is 0.151 e. The number of rotatable bonds is 4. The summed E-state index contributed by atoms with van der Waals surface area (Å²) in [6, 6.07) is 0. The van der Waals surface area contributed by atoms with Gasteiger partial charge in [-0.25, -0.2) is 9.97 Å². The third-order valence-corrected chi connectivity index (χ3v) is 5.29. The van der Waals surface area contributed by atoms with Crippen LogP contribution in [0.1, 0.15) is 43.8 Å². The number of hydrogen-bond acceptors (Lipinski definition) is 5. The van der Waals surface area contributed by atoms with Crippen molar-refractivity contribution in [1.82, 2.24) is 19.4 Å². The molecule has 0 radical (unpaired) electrons. The SMILES string of the molecule is CC(C)Cn1c(CN2CCOCC2)nc2c(N)nc3c(c21)CCCC3. The van der Waals surface area contributed by atoms with Crippen LogP contribution in [0.25, 0.3) is 11.0 Å². The summed E-state index contributed by atoms with van der Waals surface area (Å²) in [5, 5.41) is 0. The highest BCUT2D eigenvalue weighted by molar-refractivity contribution is 5.89. The van der Waals surface area contributed by atoms with E-state index in [1.807, 2.05) is 0 Å². The zero-order chi connectivity index (χ0) is 17.4. The molecule has 0 bridgehead atoms. The second kappa shape index (κ2) is 6.92. The predicted molar refractivity (Wildman–Crippen MR) is 99.5 cm³/mol. The van der Waals surface area contributed by atoms with E-state index < -0.39 is 0 Å². The average Bonchev–Trinajstić information content (AvgIpc) is 2.95. The highest BCUT2D eigenvalue weighted by Gasteiger charge is 2.24. The van der Waals surface area contributed by atoms with Gasteiger partial charge >= 0.3 is 0 Å². The number of pyridine rings is 1. The van der Waals surface area contributed by atoms with Crippen LogP contribution in [-0.2, 0) is 30.7 Å². The molecule has 2 N–H and O–H groups in total. The van der Waals surface area contributed by atoms with E-state index in [1.165, 1.54) is 29.6 Å². The lowest BCUT2D eigenvalue weighted by atomic mass is 9.94. The van der Waals surface area contributed by atoms with Gasteiger partial charge in [0.05, 0.1) is 25.3 Å². The van der Waals surface area contributed by atoms with Crippen molar-refractivity contribution in [2.45, 2.75) is 52.6 Å². The summed E-state index contributed by atoms with van der Waals surface area (Å²) in [5.74, 6) is 2.29. The first-order valence-electron chi connectivity index (χ1n) is 9.60. The van der Waals surface area contributed by atoms with Crippen molar-refractivity contribution >= 4 is 16.9 Å². The summed E-state index contributed by atoms with van der Waals surface area (Å²) in [7, 11) is 0. The quantitative estimate of drug-likeness (QED) is 0.923. The van der Waals surface area contributed by atoms with Gasteiger partial charge in [0.25, 0.3) is 0 Å². The van der Waals surface area contributed by atoms with Crippen LogP contribution < -0.4 is 5.73 Å². The van der Waals surface area contributed by atoms with E-state index in [0.717, 1.165) is 63.6 Å². The molecule has 2 aromatic rings. The molecule has 1 saturated heterocycles. The van der Waals surface area contributed by atoms with E-state index in [-0.39, 0.29) is 0 Å². The number of fused-ring (bicyclic) bond motifs is 3. The Balaban J connectivity index is 1.82. The van der Waals surface area contributed by atoms with E-state index in [1.54, 1.807) is 0 Å². The summed E-state index contributed by atoms with van der Waals surface area (Å²) in [6.45, 7) is 9.92. The maximum atomic E-state index is 6.31. The van der Waals surface area contributed by atoms with Crippen molar-refractivity contribution in [2.24, 2.45) is 5.92 Å².